The molecule has 1 N–H and O–H groups in total. The zero-order valence-corrected chi connectivity index (χ0v) is 12.4. The summed E-state index contributed by atoms with van der Waals surface area (Å²) in [6.45, 7) is 6.57. The first-order valence-corrected chi connectivity index (χ1v) is 7.63. The largest absolute Gasteiger partial charge is 0.393 e. The third-order valence-corrected chi connectivity index (χ3v) is 4.89. The van der Waals surface area contributed by atoms with Gasteiger partial charge in [0, 0.05) is 25.4 Å². The molecule has 1 saturated heterocycles. The molecular formula is C13H20BrN3O. The lowest BCUT2D eigenvalue weighted by molar-refractivity contribution is 0.142. The number of fused-ring (bicyclic) bond motifs is 1. The van der Waals surface area contributed by atoms with Gasteiger partial charge in [0.2, 0.25) is 0 Å². The molecule has 0 saturated carbocycles. The highest BCUT2D eigenvalue weighted by Gasteiger charge is 2.30. The first kappa shape index (κ1) is 12.6. The van der Waals surface area contributed by atoms with Crippen LogP contribution in [0.15, 0.2) is 4.60 Å². The van der Waals surface area contributed by atoms with E-state index in [9.17, 15) is 5.11 Å². The molecule has 2 aliphatic heterocycles. The third kappa shape index (κ3) is 2.12. The van der Waals surface area contributed by atoms with E-state index in [-0.39, 0.29) is 6.10 Å². The van der Waals surface area contributed by atoms with E-state index in [1.165, 1.54) is 24.5 Å². The Hall–Kier alpha value is -0.390. The quantitative estimate of drug-likeness (QED) is 0.904. The topological polar surface area (TPSA) is 41.3 Å². The molecule has 0 aromatic carbocycles. The minimum Gasteiger partial charge on any atom is -0.393 e. The van der Waals surface area contributed by atoms with Crippen molar-refractivity contribution in [2.45, 2.75) is 44.8 Å². The first-order chi connectivity index (χ1) is 8.69. The molecule has 0 bridgehead atoms. The van der Waals surface area contributed by atoms with Crippen molar-refractivity contribution in [3.05, 3.63) is 16.1 Å². The Morgan fingerprint density at radius 3 is 2.94 bits per heavy atom. The third-order valence-electron chi connectivity index (χ3n) is 4.25. The predicted molar refractivity (Wildman–Crippen MR) is 73.7 cm³/mol. The zero-order chi connectivity index (χ0) is 12.7. The van der Waals surface area contributed by atoms with Gasteiger partial charge in [-0.2, -0.15) is 0 Å². The van der Waals surface area contributed by atoms with Crippen LogP contribution in [-0.4, -0.2) is 45.3 Å². The monoisotopic (exact) mass is 313 g/mol. The molecule has 4 nitrogen and oxygen atoms in total. The number of hydrogen-bond donors (Lipinski definition) is 1. The molecule has 1 fully saturated rings. The van der Waals surface area contributed by atoms with E-state index in [1.54, 1.807) is 0 Å². The molecular weight excluding hydrogens is 294 g/mol. The number of hydrogen-bond acceptors (Lipinski definition) is 3. The molecule has 1 aromatic rings. The summed E-state index contributed by atoms with van der Waals surface area (Å²) in [5, 5.41) is 9.76. The number of rotatable bonds is 2. The molecule has 0 amide bonds. The average molecular weight is 314 g/mol. The minimum absolute atomic E-state index is 0.200. The molecule has 5 heteroatoms. The van der Waals surface area contributed by atoms with E-state index in [4.69, 9.17) is 4.98 Å². The summed E-state index contributed by atoms with van der Waals surface area (Å²) in [7, 11) is 0. The van der Waals surface area contributed by atoms with Crippen LogP contribution in [-0.2, 0) is 13.0 Å². The Bertz CT molecular complexity index is 446. The van der Waals surface area contributed by atoms with Gasteiger partial charge in [0.25, 0.3) is 0 Å². The summed E-state index contributed by atoms with van der Waals surface area (Å²) in [6.07, 6.45) is 2.60. The van der Waals surface area contributed by atoms with Gasteiger partial charge >= 0.3 is 0 Å². The van der Waals surface area contributed by atoms with Crippen molar-refractivity contribution in [2.75, 3.05) is 19.6 Å². The number of aromatic nitrogens is 2. The fourth-order valence-corrected chi connectivity index (χ4v) is 3.72. The highest BCUT2D eigenvalue weighted by molar-refractivity contribution is 9.10. The molecule has 0 aliphatic carbocycles. The fraction of sp³-hybridized carbons (Fsp3) is 0.769. The standard InChI is InChI=1S/C13H20BrN3O/c1-2-16-5-3-9(8-16)13-15-12(14)11-7-10(18)4-6-17(11)13/h9-10,18H,2-8H2,1H3. The Labute approximate surface area is 116 Å². The summed E-state index contributed by atoms with van der Waals surface area (Å²) in [5.74, 6) is 1.78. The Morgan fingerprint density at radius 1 is 1.39 bits per heavy atom. The van der Waals surface area contributed by atoms with Crippen molar-refractivity contribution in [3.8, 4) is 0 Å². The van der Waals surface area contributed by atoms with Crippen molar-refractivity contribution >= 4 is 15.9 Å². The minimum atomic E-state index is -0.200. The highest BCUT2D eigenvalue weighted by Crippen LogP contribution is 2.32. The number of halogens is 1. The van der Waals surface area contributed by atoms with Gasteiger partial charge in [-0.1, -0.05) is 6.92 Å². The number of imidazole rings is 1. The maximum atomic E-state index is 9.76. The van der Waals surface area contributed by atoms with Crippen molar-refractivity contribution in [2.24, 2.45) is 0 Å². The van der Waals surface area contributed by atoms with E-state index >= 15 is 0 Å². The van der Waals surface area contributed by atoms with Crippen LogP contribution < -0.4 is 0 Å². The van der Waals surface area contributed by atoms with Gasteiger partial charge in [0.05, 0.1) is 11.8 Å². The fourth-order valence-electron chi connectivity index (χ4n) is 3.16. The summed E-state index contributed by atoms with van der Waals surface area (Å²) < 4.78 is 3.27. The van der Waals surface area contributed by atoms with E-state index in [0.29, 0.717) is 5.92 Å². The average Bonchev–Trinajstić information content (AvgIpc) is 2.95. The van der Waals surface area contributed by atoms with Gasteiger partial charge in [0.15, 0.2) is 0 Å². The van der Waals surface area contributed by atoms with Crippen LogP contribution in [0.2, 0.25) is 0 Å². The van der Waals surface area contributed by atoms with Gasteiger partial charge in [0.1, 0.15) is 10.4 Å². The Kier molecular flexibility index (Phi) is 3.47. The van der Waals surface area contributed by atoms with Crippen LogP contribution in [0, 0.1) is 0 Å². The number of aliphatic hydroxyl groups excluding tert-OH is 1. The maximum absolute atomic E-state index is 9.76. The smallest absolute Gasteiger partial charge is 0.127 e. The molecule has 2 aliphatic rings. The molecule has 2 atom stereocenters. The van der Waals surface area contributed by atoms with Gasteiger partial charge in [-0.15, -0.1) is 0 Å². The molecule has 18 heavy (non-hydrogen) atoms. The number of likely N-dealkylation sites (tertiary alicyclic amines) is 1. The van der Waals surface area contributed by atoms with E-state index in [1.807, 2.05) is 0 Å². The van der Waals surface area contributed by atoms with Crippen LogP contribution in [0.5, 0.6) is 0 Å². The summed E-state index contributed by atoms with van der Waals surface area (Å²) in [4.78, 5) is 7.20. The van der Waals surface area contributed by atoms with Crippen LogP contribution in [0.25, 0.3) is 0 Å². The SMILES string of the molecule is CCN1CCC(c2nc(Br)c3n2CCC(O)C3)C1. The van der Waals surface area contributed by atoms with Crippen LogP contribution in [0.4, 0.5) is 0 Å². The van der Waals surface area contributed by atoms with E-state index in [0.717, 1.165) is 37.1 Å². The lowest BCUT2D eigenvalue weighted by Crippen LogP contribution is -2.25. The maximum Gasteiger partial charge on any atom is 0.127 e. The molecule has 3 rings (SSSR count). The second-order valence-electron chi connectivity index (χ2n) is 5.38. The Morgan fingerprint density at radius 2 is 2.22 bits per heavy atom. The lowest BCUT2D eigenvalue weighted by Gasteiger charge is -2.23. The van der Waals surface area contributed by atoms with Crippen molar-refractivity contribution in [1.82, 2.24) is 14.5 Å². The molecule has 0 spiro atoms. The summed E-state index contributed by atoms with van der Waals surface area (Å²) >= 11 is 3.55. The molecule has 100 valence electrons. The van der Waals surface area contributed by atoms with Gasteiger partial charge in [-0.3, -0.25) is 0 Å². The van der Waals surface area contributed by atoms with Gasteiger partial charge in [-0.25, -0.2) is 4.98 Å². The second kappa shape index (κ2) is 4.94. The number of nitrogens with zero attached hydrogens (tertiary/aromatic N) is 3. The summed E-state index contributed by atoms with van der Waals surface area (Å²) in [5.41, 5.74) is 1.18. The van der Waals surface area contributed by atoms with Gasteiger partial charge in [-0.05, 0) is 41.9 Å². The van der Waals surface area contributed by atoms with E-state index in [2.05, 4.69) is 32.3 Å². The van der Waals surface area contributed by atoms with Crippen LogP contribution >= 0.6 is 15.9 Å². The second-order valence-corrected chi connectivity index (χ2v) is 6.14. The number of likely N-dealkylation sites (N-methyl/N-ethyl adjacent to an activating group) is 1. The molecule has 0 radical (unpaired) electrons. The summed E-state index contributed by atoms with van der Waals surface area (Å²) in [6, 6.07) is 0. The van der Waals surface area contributed by atoms with Crippen molar-refractivity contribution < 1.29 is 5.11 Å². The van der Waals surface area contributed by atoms with Crippen LogP contribution in [0.1, 0.15) is 37.2 Å². The molecule has 2 unspecified atom stereocenters. The Balaban J connectivity index is 1.87. The lowest BCUT2D eigenvalue weighted by atomic mass is 10.1. The van der Waals surface area contributed by atoms with Crippen LogP contribution in [0.3, 0.4) is 0 Å². The molecule has 3 heterocycles. The van der Waals surface area contributed by atoms with Crippen molar-refractivity contribution in [1.29, 1.82) is 0 Å². The normalized spacial score (nSPS) is 28.6. The molecule has 1 aromatic heterocycles. The zero-order valence-electron chi connectivity index (χ0n) is 10.8. The van der Waals surface area contributed by atoms with Gasteiger partial charge < -0.3 is 14.6 Å². The predicted octanol–water partition coefficient (Wildman–Crippen LogP) is 1.76. The van der Waals surface area contributed by atoms with E-state index < -0.39 is 0 Å². The number of aliphatic hydroxyl groups is 1. The highest BCUT2D eigenvalue weighted by atomic mass is 79.9. The van der Waals surface area contributed by atoms with Crippen molar-refractivity contribution in [3.63, 3.8) is 0 Å². The first-order valence-electron chi connectivity index (χ1n) is 6.84.